The number of hydrogen-bond acceptors (Lipinski definition) is 5. The van der Waals surface area contributed by atoms with E-state index in [2.05, 4.69) is 22.2 Å². The molecular weight excluding hydrogens is 254 g/mol. The van der Waals surface area contributed by atoms with E-state index in [9.17, 15) is 4.79 Å². The van der Waals surface area contributed by atoms with E-state index in [0.717, 1.165) is 42.9 Å². The highest BCUT2D eigenvalue weighted by atomic mass is 16.2. The molecule has 1 aliphatic rings. The lowest BCUT2D eigenvalue weighted by Gasteiger charge is -2.29. The third-order valence-electron chi connectivity index (χ3n) is 3.56. The van der Waals surface area contributed by atoms with Crippen LogP contribution in [0.2, 0.25) is 0 Å². The lowest BCUT2D eigenvalue weighted by Crippen LogP contribution is -2.36. The van der Waals surface area contributed by atoms with Crippen LogP contribution in [0.1, 0.15) is 44.4 Å². The summed E-state index contributed by atoms with van der Waals surface area (Å²) >= 11 is 0. The summed E-state index contributed by atoms with van der Waals surface area (Å²) in [5, 5.41) is 3.32. The summed E-state index contributed by atoms with van der Waals surface area (Å²) in [7, 11) is 0. The standard InChI is InChI=1S/C14H23N5O/c1-3-5-7-16-13-10-9-19(12(20)4-2)8-6-11(10)17-14(15)18-13/h3-9H2,1-2H3,(H3,15,16,17,18). The first-order valence-electron chi connectivity index (χ1n) is 7.32. The third kappa shape index (κ3) is 3.18. The van der Waals surface area contributed by atoms with Crippen molar-refractivity contribution in [1.82, 2.24) is 14.9 Å². The smallest absolute Gasteiger partial charge is 0.222 e. The molecule has 1 aromatic heterocycles. The van der Waals surface area contributed by atoms with Crippen LogP contribution in [0.15, 0.2) is 0 Å². The first-order chi connectivity index (χ1) is 9.65. The number of nitrogen functional groups attached to an aromatic ring is 1. The van der Waals surface area contributed by atoms with E-state index in [1.54, 1.807) is 0 Å². The summed E-state index contributed by atoms with van der Waals surface area (Å²) in [6.45, 7) is 6.19. The lowest BCUT2D eigenvalue weighted by atomic mass is 10.1. The molecule has 0 saturated carbocycles. The van der Waals surface area contributed by atoms with Crippen molar-refractivity contribution in [2.75, 3.05) is 24.1 Å². The van der Waals surface area contributed by atoms with Crippen LogP contribution in [0, 0.1) is 0 Å². The van der Waals surface area contributed by atoms with Crippen molar-refractivity contribution in [3.63, 3.8) is 0 Å². The average Bonchev–Trinajstić information content (AvgIpc) is 2.46. The van der Waals surface area contributed by atoms with Gasteiger partial charge in [0, 0.05) is 31.5 Å². The number of unbranched alkanes of at least 4 members (excludes halogenated alkanes) is 1. The van der Waals surface area contributed by atoms with Gasteiger partial charge in [0.1, 0.15) is 5.82 Å². The number of nitrogens with two attached hydrogens (primary N) is 1. The van der Waals surface area contributed by atoms with Gasteiger partial charge < -0.3 is 16.0 Å². The molecule has 6 nitrogen and oxygen atoms in total. The Labute approximate surface area is 119 Å². The molecule has 0 aromatic carbocycles. The molecule has 0 bridgehead atoms. The first kappa shape index (κ1) is 14.6. The quantitative estimate of drug-likeness (QED) is 0.798. The predicted molar refractivity (Wildman–Crippen MR) is 79.3 cm³/mol. The zero-order valence-corrected chi connectivity index (χ0v) is 12.3. The number of carbonyl (C=O) groups excluding carboxylic acids is 1. The zero-order chi connectivity index (χ0) is 14.5. The second-order valence-corrected chi connectivity index (χ2v) is 5.05. The van der Waals surface area contributed by atoms with Crippen LogP contribution in [0.3, 0.4) is 0 Å². The maximum Gasteiger partial charge on any atom is 0.222 e. The lowest BCUT2D eigenvalue weighted by molar-refractivity contribution is -0.131. The molecular formula is C14H23N5O. The summed E-state index contributed by atoms with van der Waals surface area (Å²) < 4.78 is 0. The number of amides is 1. The van der Waals surface area contributed by atoms with Gasteiger partial charge in [-0.1, -0.05) is 20.3 Å². The molecule has 6 heteroatoms. The van der Waals surface area contributed by atoms with Crippen LogP contribution in [0.25, 0.3) is 0 Å². The number of anilines is 2. The van der Waals surface area contributed by atoms with E-state index < -0.39 is 0 Å². The van der Waals surface area contributed by atoms with E-state index in [1.807, 2.05) is 11.8 Å². The molecule has 110 valence electrons. The number of nitrogens with one attached hydrogen (secondary N) is 1. The highest BCUT2D eigenvalue weighted by Gasteiger charge is 2.24. The van der Waals surface area contributed by atoms with Crippen LogP contribution >= 0.6 is 0 Å². The fourth-order valence-electron chi connectivity index (χ4n) is 2.40. The highest BCUT2D eigenvalue weighted by molar-refractivity contribution is 5.76. The number of rotatable bonds is 5. The average molecular weight is 277 g/mol. The molecule has 0 spiro atoms. The Bertz CT molecular complexity index is 489. The molecule has 1 amide bonds. The minimum Gasteiger partial charge on any atom is -0.370 e. The molecule has 0 radical (unpaired) electrons. The van der Waals surface area contributed by atoms with Crippen LogP contribution in [-0.4, -0.2) is 33.9 Å². The number of nitrogens with zero attached hydrogens (tertiary/aromatic N) is 3. The molecule has 2 heterocycles. The molecule has 0 saturated heterocycles. The summed E-state index contributed by atoms with van der Waals surface area (Å²) in [5.41, 5.74) is 7.75. The van der Waals surface area contributed by atoms with Crippen molar-refractivity contribution in [2.45, 2.75) is 46.1 Å². The summed E-state index contributed by atoms with van der Waals surface area (Å²) in [6.07, 6.45) is 3.48. The van der Waals surface area contributed by atoms with Crippen LogP contribution in [-0.2, 0) is 17.8 Å². The molecule has 20 heavy (non-hydrogen) atoms. The fourth-order valence-corrected chi connectivity index (χ4v) is 2.40. The van der Waals surface area contributed by atoms with E-state index in [-0.39, 0.29) is 5.91 Å². The number of carbonyl (C=O) groups is 1. The summed E-state index contributed by atoms with van der Waals surface area (Å²) in [4.78, 5) is 22.3. The Balaban J connectivity index is 2.21. The van der Waals surface area contributed by atoms with Crippen molar-refractivity contribution in [3.8, 4) is 0 Å². The molecule has 1 aliphatic heterocycles. The molecule has 0 atom stereocenters. The van der Waals surface area contributed by atoms with Gasteiger partial charge in [0.05, 0.1) is 12.2 Å². The molecule has 0 aliphatic carbocycles. The van der Waals surface area contributed by atoms with Crippen molar-refractivity contribution in [3.05, 3.63) is 11.3 Å². The Kier molecular flexibility index (Phi) is 4.76. The maximum absolute atomic E-state index is 11.9. The van der Waals surface area contributed by atoms with Gasteiger partial charge in [-0.15, -0.1) is 0 Å². The number of hydrogen-bond donors (Lipinski definition) is 2. The van der Waals surface area contributed by atoms with Gasteiger partial charge in [-0.25, -0.2) is 4.98 Å². The Morgan fingerprint density at radius 2 is 2.20 bits per heavy atom. The zero-order valence-electron chi connectivity index (χ0n) is 12.3. The van der Waals surface area contributed by atoms with Gasteiger partial charge in [-0.05, 0) is 6.42 Å². The molecule has 0 fully saturated rings. The van der Waals surface area contributed by atoms with Crippen LogP contribution in [0.4, 0.5) is 11.8 Å². The fraction of sp³-hybridized carbons (Fsp3) is 0.643. The van der Waals surface area contributed by atoms with Crippen molar-refractivity contribution >= 4 is 17.7 Å². The summed E-state index contributed by atoms with van der Waals surface area (Å²) in [5.74, 6) is 1.26. The van der Waals surface area contributed by atoms with E-state index in [4.69, 9.17) is 5.73 Å². The largest absolute Gasteiger partial charge is 0.370 e. The van der Waals surface area contributed by atoms with E-state index >= 15 is 0 Å². The van der Waals surface area contributed by atoms with Gasteiger partial charge >= 0.3 is 0 Å². The van der Waals surface area contributed by atoms with Gasteiger partial charge in [0.25, 0.3) is 0 Å². The number of fused-ring (bicyclic) bond motifs is 1. The van der Waals surface area contributed by atoms with E-state index in [1.165, 1.54) is 0 Å². The molecule has 1 aromatic rings. The van der Waals surface area contributed by atoms with Crippen molar-refractivity contribution < 1.29 is 4.79 Å². The van der Waals surface area contributed by atoms with Gasteiger partial charge in [0.15, 0.2) is 0 Å². The second-order valence-electron chi connectivity index (χ2n) is 5.05. The highest BCUT2D eigenvalue weighted by Crippen LogP contribution is 2.25. The minimum absolute atomic E-state index is 0.173. The van der Waals surface area contributed by atoms with Crippen molar-refractivity contribution in [2.24, 2.45) is 0 Å². The molecule has 0 unspecified atom stereocenters. The second kappa shape index (κ2) is 6.54. The molecule has 3 N–H and O–H groups in total. The number of aromatic nitrogens is 2. The van der Waals surface area contributed by atoms with Crippen LogP contribution in [0.5, 0.6) is 0 Å². The Hall–Kier alpha value is -1.85. The Morgan fingerprint density at radius 1 is 1.40 bits per heavy atom. The molecule has 2 rings (SSSR count). The van der Waals surface area contributed by atoms with Gasteiger partial charge in [-0.2, -0.15) is 4.98 Å². The minimum atomic E-state index is 0.173. The topological polar surface area (TPSA) is 84.1 Å². The van der Waals surface area contributed by atoms with Gasteiger partial charge in [-0.3, -0.25) is 4.79 Å². The van der Waals surface area contributed by atoms with Gasteiger partial charge in [0.2, 0.25) is 11.9 Å². The summed E-state index contributed by atoms with van der Waals surface area (Å²) in [6, 6.07) is 0. The van der Waals surface area contributed by atoms with Crippen molar-refractivity contribution in [1.29, 1.82) is 0 Å². The normalized spacial score (nSPS) is 14.0. The van der Waals surface area contributed by atoms with E-state index in [0.29, 0.717) is 25.5 Å². The predicted octanol–water partition coefficient (Wildman–Crippen LogP) is 1.57. The van der Waals surface area contributed by atoms with Crippen LogP contribution < -0.4 is 11.1 Å². The SMILES string of the molecule is CCCCNc1nc(N)nc2c1CN(C(=O)CC)CC2. The maximum atomic E-state index is 11.9. The first-order valence-corrected chi connectivity index (χ1v) is 7.32. The Morgan fingerprint density at radius 3 is 2.90 bits per heavy atom. The monoisotopic (exact) mass is 277 g/mol. The third-order valence-corrected chi connectivity index (χ3v) is 3.56.